The predicted molar refractivity (Wildman–Crippen MR) is 99.1 cm³/mol. The summed E-state index contributed by atoms with van der Waals surface area (Å²) >= 11 is 1.52. The number of nitrogens with zero attached hydrogens (tertiary/aromatic N) is 4. The first kappa shape index (κ1) is 16.5. The SMILES string of the molecule is C=S1(=O)C[C@@](C)(c2cc(-c3cncc(C#N)c3)cs2)N=C(N)N1C. The van der Waals surface area contributed by atoms with Crippen molar-refractivity contribution in [3.05, 3.63) is 40.3 Å². The molecule has 124 valence electrons. The summed E-state index contributed by atoms with van der Waals surface area (Å²) in [6.07, 6.45) is 3.24. The molecule has 3 rings (SSSR count). The minimum absolute atomic E-state index is 0.229. The largest absolute Gasteiger partial charge is 0.369 e. The van der Waals surface area contributed by atoms with Crippen LogP contribution in [-0.2, 0) is 15.2 Å². The first-order chi connectivity index (χ1) is 11.2. The maximum Gasteiger partial charge on any atom is 0.203 e. The first-order valence-corrected chi connectivity index (χ1v) is 9.87. The van der Waals surface area contributed by atoms with Crippen molar-refractivity contribution in [2.24, 2.45) is 10.7 Å². The van der Waals surface area contributed by atoms with E-state index >= 15 is 0 Å². The van der Waals surface area contributed by atoms with Crippen LogP contribution in [0.1, 0.15) is 17.4 Å². The van der Waals surface area contributed by atoms with Crippen molar-refractivity contribution in [3.8, 4) is 17.2 Å². The number of hydrogen-bond acceptors (Lipinski definition) is 6. The van der Waals surface area contributed by atoms with Gasteiger partial charge in [-0.1, -0.05) is 0 Å². The van der Waals surface area contributed by atoms with E-state index in [4.69, 9.17) is 11.0 Å². The lowest BCUT2D eigenvalue weighted by Crippen LogP contribution is -2.50. The van der Waals surface area contributed by atoms with Crippen LogP contribution < -0.4 is 5.73 Å². The zero-order valence-corrected chi connectivity index (χ0v) is 15.0. The molecule has 1 unspecified atom stereocenters. The van der Waals surface area contributed by atoms with Crippen molar-refractivity contribution < 1.29 is 4.21 Å². The summed E-state index contributed by atoms with van der Waals surface area (Å²) in [6, 6.07) is 5.86. The molecule has 1 aliphatic heterocycles. The molecule has 0 saturated heterocycles. The summed E-state index contributed by atoms with van der Waals surface area (Å²) < 4.78 is 14.2. The van der Waals surface area contributed by atoms with E-state index in [9.17, 15) is 4.21 Å². The summed E-state index contributed by atoms with van der Waals surface area (Å²) in [5, 5.41) is 11.0. The second-order valence-electron chi connectivity index (χ2n) is 5.93. The minimum Gasteiger partial charge on any atom is -0.369 e. The van der Waals surface area contributed by atoms with Gasteiger partial charge < -0.3 is 5.73 Å². The molecule has 24 heavy (non-hydrogen) atoms. The van der Waals surface area contributed by atoms with Gasteiger partial charge in [0.25, 0.3) is 0 Å². The standard InChI is InChI=1S/C16H17N5OS2/c1-16(10-24(3,22)21(2)15(18)20-16)14-5-13(9-23-14)12-4-11(6-17)7-19-8-12/h4-5,7-9H,3,10H2,1-2H3,(H2,18,20)/t16-,24?/m0/s1. The second kappa shape index (κ2) is 5.61. The van der Waals surface area contributed by atoms with E-state index in [1.165, 1.54) is 21.8 Å². The molecule has 0 saturated carbocycles. The lowest BCUT2D eigenvalue weighted by atomic mass is 10.0. The highest BCUT2D eigenvalue weighted by Crippen LogP contribution is 2.38. The molecule has 3 heterocycles. The molecule has 1 aliphatic rings. The van der Waals surface area contributed by atoms with Crippen molar-refractivity contribution in [1.82, 2.24) is 9.29 Å². The Balaban J connectivity index is 2.03. The van der Waals surface area contributed by atoms with Gasteiger partial charge in [-0.05, 0) is 35.9 Å². The van der Waals surface area contributed by atoms with Crippen molar-refractivity contribution in [3.63, 3.8) is 0 Å². The summed E-state index contributed by atoms with van der Waals surface area (Å²) in [4.78, 5) is 9.58. The Kier molecular flexibility index (Phi) is 3.86. The Hall–Kier alpha value is -2.37. The zero-order valence-electron chi connectivity index (χ0n) is 13.4. The number of thiophene rings is 1. The van der Waals surface area contributed by atoms with Gasteiger partial charge in [0.2, 0.25) is 5.96 Å². The molecule has 0 amide bonds. The maximum absolute atomic E-state index is 12.7. The van der Waals surface area contributed by atoms with E-state index in [0.717, 1.165) is 16.0 Å². The topological polar surface area (TPSA) is 95.4 Å². The fourth-order valence-corrected chi connectivity index (χ4v) is 5.41. The van der Waals surface area contributed by atoms with Crippen LogP contribution in [0.25, 0.3) is 11.1 Å². The molecule has 0 spiro atoms. The molecule has 2 aromatic rings. The average molecular weight is 359 g/mol. The van der Waals surface area contributed by atoms with E-state index in [-0.39, 0.29) is 5.96 Å². The number of rotatable bonds is 2. The lowest BCUT2D eigenvalue weighted by Gasteiger charge is -2.36. The Morgan fingerprint density at radius 3 is 2.88 bits per heavy atom. The smallest absolute Gasteiger partial charge is 0.203 e. The molecule has 0 aliphatic carbocycles. The Bertz CT molecular complexity index is 970. The van der Waals surface area contributed by atoms with Gasteiger partial charge in [0, 0.05) is 29.9 Å². The molecule has 2 aromatic heterocycles. The Morgan fingerprint density at radius 2 is 2.21 bits per heavy atom. The third-order valence-electron chi connectivity index (χ3n) is 4.02. The van der Waals surface area contributed by atoms with Crippen LogP contribution in [-0.4, -0.2) is 38.1 Å². The van der Waals surface area contributed by atoms with Crippen LogP contribution in [0.15, 0.2) is 34.9 Å². The van der Waals surface area contributed by atoms with Gasteiger partial charge in [-0.3, -0.25) is 9.29 Å². The van der Waals surface area contributed by atoms with Crippen LogP contribution in [0, 0.1) is 11.3 Å². The fourth-order valence-electron chi connectivity index (χ4n) is 2.62. The van der Waals surface area contributed by atoms with Crippen LogP contribution in [0.5, 0.6) is 0 Å². The average Bonchev–Trinajstić information content (AvgIpc) is 3.03. The maximum atomic E-state index is 12.7. The normalized spacial score (nSPS) is 26.7. The molecule has 0 radical (unpaired) electrons. The monoisotopic (exact) mass is 359 g/mol. The van der Waals surface area contributed by atoms with Crippen molar-refractivity contribution >= 4 is 32.9 Å². The highest BCUT2D eigenvalue weighted by atomic mass is 32.2. The van der Waals surface area contributed by atoms with Crippen LogP contribution in [0.3, 0.4) is 0 Å². The van der Waals surface area contributed by atoms with Gasteiger partial charge in [0.1, 0.15) is 11.6 Å². The number of pyridine rings is 1. The fraction of sp³-hybridized carbons (Fsp3) is 0.250. The molecule has 0 bridgehead atoms. The summed E-state index contributed by atoms with van der Waals surface area (Å²) in [5.41, 5.74) is 7.57. The molecule has 2 atom stereocenters. The molecule has 2 N–H and O–H groups in total. The molecule has 0 aromatic carbocycles. The van der Waals surface area contributed by atoms with Crippen LogP contribution in [0.4, 0.5) is 0 Å². The van der Waals surface area contributed by atoms with Gasteiger partial charge in [-0.25, -0.2) is 9.20 Å². The van der Waals surface area contributed by atoms with E-state index in [2.05, 4.69) is 21.9 Å². The second-order valence-corrected chi connectivity index (χ2v) is 9.22. The highest BCUT2D eigenvalue weighted by molar-refractivity contribution is 7.98. The van der Waals surface area contributed by atoms with E-state index in [0.29, 0.717) is 11.3 Å². The number of nitriles is 1. The Morgan fingerprint density at radius 1 is 1.46 bits per heavy atom. The van der Waals surface area contributed by atoms with Gasteiger partial charge in [-0.2, -0.15) is 5.26 Å². The highest BCUT2D eigenvalue weighted by Gasteiger charge is 2.38. The van der Waals surface area contributed by atoms with Gasteiger partial charge in [0.15, 0.2) is 0 Å². The third-order valence-corrected chi connectivity index (χ3v) is 7.40. The molecule has 8 heteroatoms. The molecule has 6 nitrogen and oxygen atoms in total. The summed E-state index contributed by atoms with van der Waals surface area (Å²) in [6.45, 7) is 1.91. The van der Waals surface area contributed by atoms with Gasteiger partial charge in [0.05, 0.1) is 21.0 Å². The number of aliphatic imine (C=N–C) groups is 1. The van der Waals surface area contributed by atoms with E-state index in [1.54, 1.807) is 19.3 Å². The zero-order chi connectivity index (χ0) is 17.5. The summed E-state index contributed by atoms with van der Waals surface area (Å²) in [7, 11) is -0.858. The lowest BCUT2D eigenvalue weighted by molar-refractivity contribution is 0.522. The number of guanidine groups is 1. The van der Waals surface area contributed by atoms with Crippen molar-refractivity contribution in [2.75, 3.05) is 12.8 Å². The number of hydrogen-bond donors (Lipinski definition) is 1. The predicted octanol–water partition coefficient (Wildman–Crippen LogP) is 1.79. The molecular formula is C16H17N5OS2. The van der Waals surface area contributed by atoms with Crippen LogP contribution >= 0.6 is 11.3 Å². The van der Waals surface area contributed by atoms with Gasteiger partial charge in [-0.15, -0.1) is 11.3 Å². The summed E-state index contributed by atoms with van der Waals surface area (Å²) in [5.74, 6) is 4.35. The number of nitrogens with two attached hydrogens (primary N) is 1. The third kappa shape index (κ3) is 2.77. The van der Waals surface area contributed by atoms with Gasteiger partial charge >= 0.3 is 0 Å². The minimum atomic E-state index is -2.50. The first-order valence-electron chi connectivity index (χ1n) is 7.14. The number of aromatic nitrogens is 1. The van der Waals surface area contributed by atoms with Crippen molar-refractivity contribution in [2.45, 2.75) is 12.5 Å². The quantitative estimate of drug-likeness (QED) is 0.827. The molecular weight excluding hydrogens is 342 g/mol. The van der Waals surface area contributed by atoms with E-state index in [1.807, 2.05) is 18.4 Å². The Labute approximate surface area is 145 Å². The molecule has 0 fully saturated rings. The van der Waals surface area contributed by atoms with Crippen molar-refractivity contribution in [1.29, 1.82) is 5.26 Å². The van der Waals surface area contributed by atoms with Crippen LogP contribution in [0.2, 0.25) is 0 Å². The van der Waals surface area contributed by atoms with E-state index < -0.39 is 15.2 Å².